The molecule has 1 aromatic heterocycles. The second-order valence-electron chi connectivity index (χ2n) is 6.71. The Morgan fingerprint density at radius 3 is 2.79 bits per heavy atom. The van der Waals surface area contributed by atoms with Gasteiger partial charge in [-0.3, -0.25) is 4.79 Å². The van der Waals surface area contributed by atoms with E-state index >= 15 is 0 Å². The summed E-state index contributed by atoms with van der Waals surface area (Å²) in [6, 6.07) is 5.43. The zero-order valence-corrected chi connectivity index (χ0v) is 16.1. The number of halogens is 2. The van der Waals surface area contributed by atoms with Gasteiger partial charge in [0.05, 0.1) is 20.5 Å². The summed E-state index contributed by atoms with van der Waals surface area (Å²) in [4.78, 5) is 19.6. The number of amides is 1. The van der Waals surface area contributed by atoms with E-state index in [9.17, 15) is 4.79 Å². The molecule has 6 heteroatoms. The molecule has 2 heterocycles. The monoisotopic (exact) mass is 382 g/mol. The maximum Gasteiger partial charge on any atom is 0.232 e. The van der Waals surface area contributed by atoms with Crippen LogP contribution in [0, 0.1) is 0 Å². The fourth-order valence-corrected chi connectivity index (χ4v) is 4.27. The van der Waals surface area contributed by atoms with Gasteiger partial charge in [0.25, 0.3) is 0 Å². The third kappa shape index (κ3) is 3.46. The number of hydrogen-bond acceptors (Lipinski definition) is 3. The van der Waals surface area contributed by atoms with Crippen LogP contribution in [0.2, 0.25) is 10.0 Å². The quantitative estimate of drug-likeness (QED) is 0.736. The van der Waals surface area contributed by atoms with Crippen molar-refractivity contribution in [1.82, 2.24) is 9.88 Å². The van der Waals surface area contributed by atoms with Crippen molar-refractivity contribution < 1.29 is 4.79 Å². The van der Waals surface area contributed by atoms with Gasteiger partial charge in [0.15, 0.2) is 0 Å². The molecule has 1 amide bonds. The molecule has 1 aromatic carbocycles. The van der Waals surface area contributed by atoms with Crippen LogP contribution in [0.5, 0.6) is 0 Å². The molecule has 0 bridgehead atoms. The molecule has 1 saturated heterocycles. The lowest BCUT2D eigenvalue weighted by Crippen LogP contribution is -2.47. The van der Waals surface area contributed by atoms with E-state index in [1.165, 1.54) is 0 Å². The summed E-state index contributed by atoms with van der Waals surface area (Å²) in [7, 11) is 0. The highest BCUT2D eigenvalue weighted by molar-refractivity contribution is 7.09. The van der Waals surface area contributed by atoms with E-state index in [-0.39, 0.29) is 5.91 Å². The van der Waals surface area contributed by atoms with Crippen LogP contribution in [0.4, 0.5) is 0 Å². The van der Waals surface area contributed by atoms with Crippen molar-refractivity contribution >= 4 is 40.4 Å². The zero-order valence-electron chi connectivity index (χ0n) is 13.8. The Morgan fingerprint density at radius 2 is 2.12 bits per heavy atom. The molecule has 24 heavy (non-hydrogen) atoms. The maximum absolute atomic E-state index is 13.2. The van der Waals surface area contributed by atoms with Crippen molar-refractivity contribution in [2.75, 3.05) is 13.1 Å². The Labute approximate surface area is 156 Å². The third-order valence-corrected chi connectivity index (χ3v) is 6.36. The zero-order chi connectivity index (χ0) is 17.3. The van der Waals surface area contributed by atoms with Gasteiger partial charge in [0, 0.05) is 30.6 Å². The molecule has 1 atom stereocenters. The molecule has 0 aliphatic carbocycles. The first-order valence-corrected chi connectivity index (χ1v) is 9.67. The van der Waals surface area contributed by atoms with Crippen molar-refractivity contribution in [2.45, 2.75) is 38.0 Å². The lowest BCUT2D eigenvalue weighted by Gasteiger charge is -2.37. The SMILES string of the molecule is CC(C)(C(=O)N1CCCC(c2nccs2)C1)c1ccc(Cl)c(Cl)c1. The first kappa shape index (κ1) is 17.7. The Morgan fingerprint density at radius 1 is 1.33 bits per heavy atom. The van der Waals surface area contributed by atoms with Crippen LogP contribution in [0.15, 0.2) is 29.8 Å². The molecular formula is C18H20Cl2N2OS. The van der Waals surface area contributed by atoms with Crippen molar-refractivity contribution in [3.05, 3.63) is 50.4 Å². The lowest BCUT2D eigenvalue weighted by molar-refractivity contribution is -0.137. The minimum Gasteiger partial charge on any atom is -0.341 e. The topological polar surface area (TPSA) is 33.2 Å². The third-order valence-electron chi connectivity index (χ3n) is 4.69. The van der Waals surface area contributed by atoms with Gasteiger partial charge in [-0.15, -0.1) is 11.3 Å². The number of aromatic nitrogens is 1. The van der Waals surface area contributed by atoms with Gasteiger partial charge in [-0.05, 0) is 44.4 Å². The Hall–Kier alpha value is -1.10. The van der Waals surface area contributed by atoms with E-state index in [0.717, 1.165) is 36.5 Å². The van der Waals surface area contributed by atoms with Gasteiger partial charge in [-0.25, -0.2) is 4.98 Å². The first-order chi connectivity index (χ1) is 11.4. The molecule has 2 aromatic rings. The summed E-state index contributed by atoms with van der Waals surface area (Å²) in [6.07, 6.45) is 3.93. The van der Waals surface area contributed by atoms with E-state index in [1.54, 1.807) is 23.5 Å². The number of carbonyl (C=O) groups is 1. The molecule has 1 unspecified atom stereocenters. The molecule has 1 aliphatic rings. The number of rotatable bonds is 3. The molecule has 1 fully saturated rings. The molecule has 0 spiro atoms. The molecule has 3 nitrogen and oxygen atoms in total. The number of thiazole rings is 1. The van der Waals surface area contributed by atoms with Gasteiger partial charge in [0.1, 0.15) is 0 Å². The highest BCUT2D eigenvalue weighted by Gasteiger charge is 2.36. The standard InChI is InChI=1S/C18H20Cl2N2OS/c1-18(2,13-5-6-14(19)15(20)10-13)17(23)22-8-3-4-12(11-22)16-21-7-9-24-16/h5-7,9-10,12H,3-4,8,11H2,1-2H3. The van der Waals surface area contributed by atoms with Crippen LogP contribution >= 0.6 is 34.5 Å². The van der Waals surface area contributed by atoms with Crippen LogP contribution in [-0.4, -0.2) is 28.9 Å². The highest BCUT2D eigenvalue weighted by atomic mass is 35.5. The van der Waals surface area contributed by atoms with E-state index in [2.05, 4.69) is 4.98 Å². The van der Waals surface area contributed by atoms with Crippen LogP contribution in [0.1, 0.15) is 43.2 Å². The van der Waals surface area contributed by atoms with Crippen molar-refractivity contribution in [1.29, 1.82) is 0 Å². The average Bonchev–Trinajstić information content (AvgIpc) is 3.11. The smallest absolute Gasteiger partial charge is 0.232 e. The van der Waals surface area contributed by atoms with Crippen molar-refractivity contribution in [3.63, 3.8) is 0 Å². The Kier molecular flexibility index (Phi) is 5.19. The summed E-state index contributed by atoms with van der Waals surface area (Å²) >= 11 is 13.8. The Balaban J connectivity index is 1.80. The molecule has 3 rings (SSSR count). The van der Waals surface area contributed by atoms with Crippen LogP contribution < -0.4 is 0 Å². The van der Waals surface area contributed by atoms with Gasteiger partial charge >= 0.3 is 0 Å². The van der Waals surface area contributed by atoms with Gasteiger partial charge in [-0.2, -0.15) is 0 Å². The van der Waals surface area contributed by atoms with Crippen LogP contribution in [-0.2, 0) is 10.2 Å². The number of hydrogen-bond donors (Lipinski definition) is 0. The molecular weight excluding hydrogens is 363 g/mol. The number of nitrogens with zero attached hydrogens (tertiary/aromatic N) is 2. The molecule has 0 radical (unpaired) electrons. The van der Waals surface area contributed by atoms with Crippen LogP contribution in [0.3, 0.4) is 0 Å². The normalized spacial score (nSPS) is 18.7. The summed E-state index contributed by atoms with van der Waals surface area (Å²) in [5.41, 5.74) is 0.247. The average molecular weight is 383 g/mol. The second-order valence-corrected chi connectivity index (χ2v) is 8.46. The minimum absolute atomic E-state index is 0.127. The fourth-order valence-electron chi connectivity index (χ4n) is 3.20. The van der Waals surface area contributed by atoms with Crippen molar-refractivity contribution in [3.8, 4) is 0 Å². The van der Waals surface area contributed by atoms with Gasteiger partial charge < -0.3 is 4.90 Å². The van der Waals surface area contributed by atoms with Gasteiger partial charge in [0.2, 0.25) is 5.91 Å². The van der Waals surface area contributed by atoms with Gasteiger partial charge in [-0.1, -0.05) is 29.3 Å². The molecule has 0 saturated carbocycles. The predicted molar refractivity (Wildman–Crippen MR) is 100 cm³/mol. The van der Waals surface area contributed by atoms with Crippen LogP contribution in [0.25, 0.3) is 0 Å². The first-order valence-electron chi connectivity index (χ1n) is 8.04. The van der Waals surface area contributed by atoms with E-state index in [0.29, 0.717) is 16.0 Å². The number of benzene rings is 1. The number of carbonyl (C=O) groups excluding carboxylic acids is 1. The molecule has 128 valence electrons. The lowest BCUT2D eigenvalue weighted by atomic mass is 9.82. The van der Waals surface area contributed by atoms with Crippen molar-refractivity contribution in [2.24, 2.45) is 0 Å². The summed E-state index contributed by atoms with van der Waals surface area (Å²) in [5, 5.41) is 4.11. The summed E-state index contributed by atoms with van der Waals surface area (Å²) < 4.78 is 0. The summed E-state index contributed by atoms with van der Waals surface area (Å²) in [5.74, 6) is 0.467. The maximum atomic E-state index is 13.2. The Bertz CT molecular complexity index is 731. The largest absolute Gasteiger partial charge is 0.341 e. The highest BCUT2D eigenvalue weighted by Crippen LogP contribution is 2.34. The van der Waals surface area contributed by atoms with E-state index in [1.807, 2.05) is 36.4 Å². The molecule has 1 aliphatic heterocycles. The summed E-state index contributed by atoms with van der Waals surface area (Å²) in [6.45, 7) is 5.42. The number of likely N-dealkylation sites (tertiary alicyclic amines) is 1. The van der Waals surface area contributed by atoms with E-state index < -0.39 is 5.41 Å². The predicted octanol–water partition coefficient (Wildman–Crippen LogP) is 5.13. The minimum atomic E-state index is -0.640. The fraction of sp³-hybridized carbons (Fsp3) is 0.444. The number of piperidine rings is 1. The van der Waals surface area contributed by atoms with E-state index in [4.69, 9.17) is 23.2 Å². The second kappa shape index (κ2) is 7.03. The molecule has 0 N–H and O–H groups in total.